The van der Waals surface area contributed by atoms with Crippen molar-refractivity contribution in [2.24, 2.45) is 0 Å². The Hall–Kier alpha value is -14.0. The van der Waals surface area contributed by atoms with Crippen LogP contribution in [0.5, 0.6) is 0 Å². The van der Waals surface area contributed by atoms with Crippen molar-refractivity contribution in [3.8, 4) is 107 Å². The van der Waals surface area contributed by atoms with Crippen molar-refractivity contribution in [1.29, 1.82) is 0 Å². The van der Waals surface area contributed by atoms with Crippen LogP contribution < -0.4 is 0 Å². The minimum atomic E-state index is 0.792. The minimum absolute atomic E-state index is 0.792. The van der Waals surface area contributed by atoms with Gasteiger partial charge >= 0.3 is 0 Å². The maximum Gasteiger partial charge on any atom is 0.137 e. The van der Waals surface area contributed by atoms with Crippen molar-refractivity contribution in [2.75, 3.05) is 0 Å². The van der Waals surface area contributed by atoms with E-state index in [-0.39, 0.29) is 0 Å². The summed E-state index contributed by atoms with van der Waals surface area (Å²) in [7, 11) is 0. The van der Waals surface area contributed by atoms with Crippen molar-refractivity contribution in [3.63, 3.8) is 0 Å². The number of imidazole rings is 2. The van der Waals surface area contributed by atoms with Gasteiger partial charge in [0.1, 0.15) is 17.3 Å². The van der Waals surface area contributed by atoms with Crippen LogP contribution >= 0.6 is 0 Å². The van der Waals surface area contributed by atoms with Crippen molar-refractivity contribution < 1.29 is 0 Å². The van der Waals surface area contributed by atoms with Gasteiger partial charge in [-0.2, -0.15) is 0 Å². The standard InChI is InChI=1S/2C18H15N.C17H14N2.C16H13N3.2C14H12N2/c1-14-12-17(15-8-4-2-5-9-15)13-18(19-14)16-10-6-3-7-11-16;1-14-12-17(15-8-4-2-5-9-15)19-18(13-14)16-10-6-3-7-11-16;1-13-18-16(14-8-4-2-5-9-14)12-17(19-13)15-10-6-3-7-11-15;1-12-10-15(13-6-2-4-8-17-13)19-16(11-12)14-7-3-5-9-18-14;1-11-5-7-12(8-6-11)13-10-16-9-3-2-4-14(16)15-13;1-11-15-13-9-5-6-10-14(13)16(11)12-7-3-2-4-8-12/h2*2-13H,1H3;2-12H,1H3;2-11H,1H3;2*2-10H,1H3. The third kappa shape index (κ3) is 19.4. The molecule has 9 aromatic heterocycles. The second kappa shape index (κ2) is 35.9. The van der Waals surface area contributed by atoms with Gasteiger partial charge in [0.05, 0.1) is 68.0 Å². The molecule has 0 atom stereocenters. The summed E-state index contributed by atoms with van der Waals surface area (Å²) in [4.78, 5) is 40.9. The quantitative estimate of drug-likeness (QED) is 0.132. The molecule has 0 radical (unpaired) electrons. The third-order valence-corrected chi connectivity index (χ3v) is 17.5. The van der Waals surface area contributed by atoms with E-state index in [4.69, 9.17) is 4.98 Å². The van der Waals surface area contributed by atoms with Gasteiger partial charge in [0.15, 0.2) is 0 Å². The number of pyridine rings is 6. The number of para-hydroxylation sites is 3. The number of aromatic nitrogens is 11. The molecule has 0 fully saturated rings. The Morgan fingerprint density at radius 1 is 0.241 bits per heavy atom. The molecule has 0 aliphatic rings. The number of rotatable bonds is 10. The largest absolute Gasteiger partial charge is 0.306 e. The average Bonchev–Trinajstić information content (AvgIpc) is 1.72. The predicted octanol–water partition coefficient (Wildman–Crippen LogP) is 23.7. The van der Waals surface area contributed by atoms with Gasteiger partial charge < -0.3 is 4.40 Å². The number of hydrogen-bond acceptors (Lipinski definition) is 9. The van der Waals surface area contributed by atoms with E-state index in [1.807, 2.05) is 238 Å². The van der Waals surface area contributed by atoms with Gasteiger partial charge in [0, 0.05) is 69.5 Å². The van der Waals surface area contributed by atoms with Crippen LogP contribution in [0.1, 0.15) is 34.0 Å². The summed E-state index contributed by atoms with van der Waals surface area (Å²) in [6.45, 7) is 12.3. The van der Waals surface area contributed by atoms with Crippen LogP contribution in [0.4, 0.5) is 0 Å². The van der Waals surface area contributed by atoms with Gasteiger partial charge in [0.25, 0.3) is 0 Å². The molecule has 0 spiro atoms. The molecule has 9 aromatic carbocycles. The zero-order valence-electron chi connectivity index (χ0n) is 61.3. The van der Waals surface area contributed by atoms with Crippen LogP contribution in [0, 0.1) is 41.5 Å². The first-order valence-corrected chi connectivity index (χ1v) is 36.0. The highest BCUT2D eigenvalue weighted by atomic mass is 15.1. The second-order valence-electron chi connectivity index (χ2n) is 25.8. The Morgan fingerprint density at radius 3 is 1.11 bits per heavy atom. The highest BCUT2D eigenvalue weighted by Gasteiger charge is 2.12. The molecule has 524 valence electrons. The van der Waals surface area contributed by atoms with Crippen molar-refractivity contribution in [1.82, 2.24) is 53.8 Å². The van der Waals surface area contributed by atoms with Crippen molar-refractivity contribution in [3.05, 3.63) is 417 Å². The lowest BCUT2D eigenvalue weighted by Crippen LogP contribution is -1.95. The lowest BCUT2D eigenvalue weighted by atomic mass is 10.0. The van der Waals surface area contributed by atoms with Crippen LogP contribution in [0.15, 0.2) is 383 Å². The SMILES string of the molecule is Cc1cc(-c2ccccc2)cc(-c2ccccc2)n1.Cc1cc(-c2ccccc2)nc(-c2ccccc2)c1.Cc1cc(-c2ccccn2)nc(-c2ccccn2)c1.Cc1ccc(-c2cn3ccccc3n2)cc1.Cc1nc(-c2ccccc2)cc(-c2ccccc2)n1.Cc1nc2ccccc2n1-c1ccccc1. The normalized spacial score (nSPS) is 10.5. The summed E-state index contributed by atoms with van der Waals surface area (Å²) in [5.74, 6) is 1.81. The molecule has 0 saturated heterocycles. The monoisotopic (exact) mass is 1400 g/mol. The predicted molar refractivity (Wildman–Crippen MR) is 444 cm³/mol. The fourth-order valence-electron chi connectivity index (χ4n) is 12.3. The first kappa shape index (κ1) is 72.3. The number of benzene rings is 9. The van der Waals surface area contributed by atoms with Crippen LogP contribution in [-0.4, -0.2) is 53.8 Å². The molecule has 11 heteroatoms. The molecule has 18 aromatic rings. The van der Waals surface area contributed by atoms with Gasteiger partial charge in [-0.15, -0.1) is 0 Å². The van der Waals surface area contributed by atoms with Gasteiger partial charge in [-0.25, -0.2) is 29.9 Å². The van der Waals surface area contributed by atoms with Gasteiger partial charge in [-0.3, -0.25) is 19.5 Å². The topological polar surface area (TPSA) is 125 Å². The zero-order valence-corrected chi connectivity index (χ0v) is 61.3. The first-order valence-electron chi connectivity index (χ1n) is 36.0. The third-order valence-electron chi connectivity index (χ3n) is 17.5. The molecule has 11 nitrogen and oxygen atoms in total. The summed E-state index contributed by atoms with van der Waals surface area (Å²) in [6, 6.07) is 121. The lowest BCUT2D eigenvalue weighted by molar-refractivity contribution is 1.00. The molecule has 0 bridgehead atoms. The summed E-state index contributed by atoms with van der Waals surface area (Å²) in [5, 5.41) is 0. The molecule has 0 amide bonds. The minimum Gasteiger partial charge on any atom is -0.306 e. The molecule has 0 unspecified atom stereocenters. The molecule has 0 N–H and O–H groups in total. The summed E-state index contributed by atoms with van der Waals surface area (Å²) in [5.41, 5.74) is 27.9. The average molecular weight is 1400 g/mol. The highest BCUT2D eigenvalue weighted by molar-refractivity contribution is 5.78. The zero-order chi connectivity index (χ0) is 74.2. The highest BCUT2D eigenvalue weighted by Crippen LogP contribution is 2.30. The molecule has 9 heterocycles. The first-order chi connectivity index (χ1) is 53.0. The van der Waals surface area contributed by atoms with E-state index in [2.05, 4.69) is 223 Å². The molecule has 0 saturated carbocycles. The number of nitrogens with zero attached hydrogens (tertiary/aromatic N) is 11. The van der Waals surface area contributed by atoms with Crippen molar-refractivity contribution >= 4 is 16.7 Å². The van der Waals surface area contributed by atoms with Gasteiger partial charge in [0.2, 0.25) is 0 Å². The van der Waals surface area contributed by atoms with Crippen LogP contribution in [0.25, 0.3) is 124 Å². The van der Waals surface area contributed by atoms with Crippen LogP contribution in [-0.2, 0) is 0 Å². The van der Waals surface area contributed by atoms with E-state index in [0.717, 1.165) is 136 Å². The molecular weight excluding hydrogens is 1320 g/mol. The van der Waals surface area contributed by atoms with E-state index in [9.17, 15) is 0 Å². The summed E-state index contributed by atoms with van der Waals surface area (Å²) < 4.78 is 4.21. The fraction of sp³-hybridized carbons (Fsp3) is 0.0619. The summed E-state index contributed by atoms with van der Waals surface area (Å²) >= 11 is 0. The Balaban J connectivity index is 0.000000114. The van der Waals surface area contributed by atoms with E-state index in [1.54, 1.807) is 12.4 Å². The van der Waals surface area contributed by atoms with E-state index in [0.29, 0.717) is 0 Å². The smallest absolute Gasteiger partial charge is 0.137 e. The van der Waals surface area contributed by atoms with E-state index in [1.165, 1.54) is 22.3 Å². The number of fused-ring (bicyclic) bond motifs is 2. The van der Waals surface area contributed by atoms with Crippen molar-refractivity contribution in [2.45, 2.75) is 41.5 Å². The maximum atomic E-state index is 4.77. The molecule has 0 aliphatic carbocycles. The number of hydrogen-bond donors (Lipinski definition) is 0. The van der Waals surface area contributed by atoms with E-state index >= 15 is 0 Å². The molecule has 108 heavy (non-hydrogen) atoms. The Labute approximate surface area is 632 Å². The Morgan fingerprint density at radius 2 is 0.639 bits per heavy atom. The molecule has 0 aliphatic heterocycles. The lowest BCUT2D eigenvalue weighted by Gasteiger charge is -2.07. The van der Waals surface area contributed by atoms with Gasteiger partial charge in [-0.05, 0) is 167 Å². The summed E-state index contributed by atoms with van der Waals surface area (Å²) in [6.07, 6.45) is 7.62. The Bertz CT molecular complexity index is 5070. The molecular formula is C97H81N11. The van der Waals surface area contributed by atoms with Gasteiger partial charge in [-0.1, -0.05) is 260 Å². The maximum absolute atomic E-state index is 4.77. The van der Waals surface area contributed by atoms with E-state index < -0.39 is 0 Å². The van der Waals surface area contributed by atoms with Crippen LogP contribution in [0.2, 0.25) is 0 Å². The second-order valence-corrected chi connectivity index (χ2v) is 25.8. The Kier molecular flexibility index (Phi) is 24.1. The fourth-order valence-corrected chi connectivity index (χ4v) is 12.3. The molecule has 18 rings (SSSR count). The number of aryl methyl sites for hydroxylation is 6. The van der Waals surface area contributed by atoms with Crippen LogP contribution in [0.3, 0.4) is 0 Å².